The van der Waals surface area contributed by atoms with Gasteiger partial charge >= 0.3 is 0 Å². The largest absolute Gasteiger partial charge is 0.269 e. The highest BCUT2D eigenvalue weighted by Crippen LogP contribution is 2.30. The molecule has 0 atom stereocenters. The predicted octanol–water partition coefficient (Wildman–Crippen LogP) is 4.24. The lowest BCUT2D eigenvalue weighted by molar-refractivity contribution is 0.587. The highest BCUT2D eigenvalue weighted by molar-refractivity contribution is 5.50. The molecule has 88 valence electrons. The van der Waals surface area contributed by atoms with Crippen molar-refractivity contribution in [3.63, 3.8) is 0 Å². The Labute approximate surface area is 98.4 Å². The summed E-state index contributed by atoms with van der Waals surface area (Å²) in [6, 6.07) is 6.38. The molecule has 1 aromatic carbocycles. The van der Waals surface area contributed by atoms with E-state index < -0.39 is 0 Å². The summed E-state index contributed by atoms with van der Waals surface area (Å²) in [4.78, 5) is 0. The van der Waals surface area contributed by atoms with E-state index >= 15 is 0 Å². The summed E-state index contributed by atoms with van der Waals surface area (Å²) >= 11 is 0. The van der Waals surface area contributed by atoms with Gasteiger partial charge in [-0.3, -0.25) is 4.70 Å². The Hall–Kier alpha value is -1.29. The molecule has 16 heavy (non-hydrogen) atoms. The number of halogens is 1. The number of hydrogen-bond acceptors (Lipinski definition) is 0. The van der Waals surface area contributed by atoms with Crippen molar-refractivity contribution in [1.29, 1.82) is 0 Å². The van der Waals surface area contributed by atoms with Crippen LogP contribution in [0.4, 0.5) is 4.70 Å². The second-order valence-electron chi connectivity index (χ2n) is 5.32. The van der Waals surface area contributed by atoms with Crippen LogP contribution in [0.5, 0.6) is 0 Å². The summed E-state index contributed by atoms with van der Waals surface area (Å²) in [5.74, 6) is 3.34. The minimum atomic E-state index is 0. The molecule has 0 aliphatic carbocycles. The first-order valence-electron chi connectivity index (χ1n) is 5.48. The SMILES string of the molecule is C#Cc1c(C(C)C)cccc1C(C)(C)C.F. The molecule has 0 aliphatic heterocycles. The third kappa shape index (κ3) is 2.85. The minimum absolute atomic E-state index is 0. The maximum Gasteiger partial charge on any atom is 0.0314 e. The van der Waals surface area contributed by atoms with Crippen LogP contribution in [0, 0.1) is 12.3 Å². The quantitative estimate of drug-likeness (QED) is 0.621. The van der Waals surface area contributed by atoms with Crippen molar-refractivity contribution in [3.8, 4) is 12.3 Å². The van der Waals surface area contributed by atoms with Crippen molar-refractivity contribution < 1.29 is 4.70 Å². The molecule has 1 aromatic rings. The van der Waals surface area contributed by atoms with Gasteiger partial charge in [-0.15, -0.1) is 6.42 Å². The summed E-state index contributed by atoms with van der Waals surface area (Å²) in [6.45, 7) is 11.0. The number of benzene rings is 1. The second kappa shape index (κ2) is 5.16. The summed E-state index contributed by atoms with van der Waals surface area (Å²) in [7, 11) is 0. The van der Waals surface area contributed by atoms with Crippen LogP contribution in [0.15, 0.2) is 18.2 Å². The average Bonchev–Trinajstić information content (AvgIpc) is 2.15. The topological polar surface area (TPSA) is 0 Å². The van der Waals surface area contributed by atoms with E-state index in [0.29, 0.717) is 5.92 Å². The molecule has 0 saturated heterocycles. The maximum atomic E-state index is 5.64. The number of rotatable bonds is 1. The van der Waals surface area contributed by atoms with Gasteiger partial charge in [-0.25, -0.2) is 0 Å². The van der Waals surface area contributed by atoms with Crippen molar-refractivity contribution >= 4 is 0 Å². The molecule has 0 saturated carbocycles. The molecule has 0 aliphatic rings. The van der Waals surface area contributed by atoms with Crippen molar-refractivity contribution in [1.82, 2.24) is 0 Å². The molecule has 0 fully saturated rings. The van der Waals surface area contributed by atoms with Crippen LogP contribution < -0.4 is 0 Å². The molecule has 0 heterocycles. The zero-order valence-electron chi connectivity index (χ0n) is 10.8. The third-order valence-electron chi connectivity index (χ3n) is 2.67. The molecular formula is C15H21F. The Morgan fingerprint density at radius 1 is 1.19 bits per heavy atom. The van der Waals surface area contributed by atoms with E-state index in [1.54, 1.807) is 0 Å². The molecule has 1 heteroatoms. The minimum Gasteiger partial charge on any atom is -0.269 e. The normalized spacial score (nSPS) is 10.8. The summed E-state index contributed by atoms with van der Waals surface area (Å²) in [5, 5.41) is 0. The van der Waals surface area contributed by atoms with Gasteiger partial charge in [-0.05, 0) is 22.5 Å². The van der Waals surface area contributed by atoms with Crippen molar-refractivity contribution in [2.75, 3.05) is 0 Å². The van der Waals surface area contributed by atoms with Gasteiger partial charge in [0.05, 0.1) is 0 Å². The molecule has 0 radical (unpaired) electrons. The first-order chi connectivity index (χ1) is 6.88. The van der Waals surface area contributed by atoms with Gasteiger partial charge in [-0.1, -0.05) is 58.7 Å². The number of terminal acetylenes is 1. The first-order valence-corrected chi connectivity index (χ1v) is 5.48. The Balaban J connectivity index is 0.00000225. The molecule has 0 spiro atoms. The molecule has 1 rings (SSSR count). The fourth-order valence-electron chi connectivity index (χ4n) is 1.84. The highest BCUT2D eigenvalue weighted by atomic mass is 19.0. The van der Waals surface area contributed by atoms with Crippen LogP contribution in [-0.4, -0.2) is 0 Å². The van der Waals surface area contributed by atoms with E-state index in [1.807, 2.05) is 0 Å². The molecule has 0 aromatic heterocycles. The van der Waals surface area contributed by atoms with Gasteiger partial charge in [0.15, 0.2) is 0 Å². The van der Waals surface area contributed by atoms with Crippen LogP contribution in [0.2, 0.25) is 0 Å². The number of hydrogen-bond donors (Lipinski definition) is 0. The van der Waals surface area contributed by atoms with Crippen LogP contribution in [-0.2, 0) is 5.41 Å². The Kier molecular flexibility index (Phi) is 4.75. The highest BCUT2D eigenvalue weighted by Gasteiger charge is 2.19. The maximum absolute atomic E-state index is 5.64. The zero-order valence-corrected chi connectivity index (χ0v) is 10.8. The van der Waals surface area contributed by atoms with E-state index in [-0.39, 0.29) is 10.1 Å². The fraction of sp³-hybridized carbons (Fsp3) is 0.467. The van der Waals surface area contributed by atoms with Crippen LogP contribution in [0.25, 0.3) is 0 Å². The zero-order chi connectivity index (χ0) is 11.6. The molecule has 0 N–H and O–H groups in total. The van der Waals surface area contributed by atoms with Crippen molar-refractivity contribution in [2.45, 2.75) is 46.0 Å². The van der Waals surface area contributed by atoms with Gasteiger partial charge in [0.25, 0.3) is 0 Å². The van der Waals surface area contributed by atoms with Crippen LogP contribution >= 0.6 is 0 Å². The summed E-state index contributed by atoms with van der Waals surface area (Å²) in [6.07, 6.45) is 5.64. The van der Waals surface area contributed by atoms with E-state index in [9.17, 15) is 0 Å². The average molecular weight is 220 g/mol. The lowest BCUT2D eigenvalue weighted by atomic mass is 9.80. The van der Waals surface area contributed by atoms with E-state index in [2.05, 4.69) is 58.7 Å². The Bertz CT molecular complexity index is 389. The van der Waals surface area contributed by atoms with Crippen LogP contribution in [0.3, 0.4) is 0 Å². The van der Waals surface area contributed by atoms with Crippen molar-refractivity contribution in [3.05, 3.63) is 34.9 Å². The lowest BCUT2D eigenvalue weighted by Crippen LogP contribution is -2.14. The van der Waals surface area contributed by atoms with Gasteiger partial charge in [0, 0.05) is 5.56 Å². The van der Waals surface area contributed by atoms with Gasteiger partial charge < -0.3 is 0 Å². The third-order valence-corrected chi connectivity index (χ3v) is 2.67. The molecule has 0 bridgehead atoms. The molecular weight excluding hydrogens is 199 g/mol. The van der Waals surface area contributed by atoms with E-state index in [4.69, 9.17) is 6.42 Å². The van der Waals surface area contributed by atoms with Crippen LogP contribution in [0.1, 0.15) is 57.2 Å². The smallest absolute Gasteiger partial charge is 0.0314 e. The molecule has 0 amide bonds. The molecule has 0 nitrogen and oxygen atoms in total. The summed E-state index contributed by atoms with van der Waals surface area (Å²) in [5.41, 5.74) is 3.76. The standard InChI is InChI=1S/C15H20.FH/c1-7-12-13(11(2)3)9-8-10-14(12)15(4,5)6;/h1,8-11H,2-6H3;1H. The van der Waals surface area contributed by atoms with Gasteiger partial charge in [0.2, 0.25) is 0 Å². The van der Waals surface area contributed by atoms with Crippen molar-refractivity contribution in [2.24, 2.45) is 0 Å². The Morgan fingerprint density at radius 3 is 2.12 bits per heavy atom. The Morgan fingerprint density at radius 2 is 1.75 bits per heavy atom. The van der Waals surface area contributed by atoms with E-state index in [1.165, 1.54) is 11.1 Å². The van der Waals surface area contributed by atoms with E-state index in [0.717, 1.165) is 5.56 Å². The molecule has 0 unspecified atom stereocenters. The monoisotopic (exact) mass is 220 g/mol. The van der Waals surface area contributed by atoms with Gasteiger partial charge in [0.1, 0.15) is 0 Å². The van der Waals surface area contributed by atoms with Gasteiger partial charge in [-0.2, -0.15) is 0 Å². The first kappa shape index (κ1) is 14.7. The fourth-order valence-corrected chi connectivity index (χ4v) is 1.84. The summed E-state index contributed by atoms with van der Waals surface area (Å²) < 4.78 is 0. The lowest BCUT2D eigenvalue weighted by Gasteiger charge is -2.23. The predicted molar refractivity (Wildman–Crippen MR) is 69.7 cm³/mol. The second-order valence-corrected chi connectivity index (χ2v) is 5.32.